The van der Waals surface area contributed by atoms with Crippen LogP contribution in [0, 0.1) is 0 Å². The molecule has 9 heteroatoms. The fourth-order valence-corrected chi connectivity index (χ4v) is 3.70. The van der Waals surface area contributed by atoms with Crippen LogP contribution in [0.25, 0.3) is 0 Å². The van der Waals surface area contributed by atoms with Crippen molar-refractivity contribution in [2.45, 2.75) is 25.3 Å². The van der Waals surface area contributed by atoms with Crippen LogP contribution in [0.4, 0.5) is 0 Å². The zero-order valence-electron chi connectivity index (χ0n) is 16.5. The van der Waals surface area contributed by atoms with Crippen LogP contribution in [0.2, 0.25) is 0 Å². The Labute approximate surface area is 161 Å². The highest BCUT2D eigenvalue weighted by atomic mass is 32.2. The van der Waals surface area contributed by atoms with Crippen molar-refractivity contribution in [3.05, 3.63) is 29.8 Å². The summed E-state index contributed by atoms with van der Waals surface area (Å²) < 4.78 is 25.5. The maximum absolute atomic E-state index is 12.1. The third-order valence-corrected chi connectivity index (χ3v) is 6.30. The molecule has 1 heterocycles. The van der Waals surface area contributed by atoms with Crippen LogP contribution in [-0.4, -0.2) is 81.2 Å². The maximum Gasteiger partial charge on any atom is 0.242 e. The zero-order chi connectivity index (χ0) is 20.0. The Balaban J connectivity index is 2.06. The highest BCUT2D eigenvalue weighted by molar-refractivity contribution is 7.89. The number of hydrogen-bond acceptors (Lipinski definition) is 4. The summed E-state index contributed by atoms with van der Waals surface area (Å²) in [6, 6.07) is 6.80. The standard InChI is InChI=1S/C18H29N5O3S/c1-5-19-18(23-12-10-22(11-13-23)15(2)24)20-14-16-6-8-17(9-7-16)27(25,26)21(3)4/h6-9H,5,10-14H2,1-4H3,(H,19,20). The second-order valence-electron chi connectivity index (χ2n) is 6.59. The lowest BCUT2D eigenvalue weighted by Crippen LogP contribution is -2.53. The molecular weight excluding hydrogens is 366 g/mol. The van der Waals surface area contributed by atoms with Gasteiger partial charge in [-0.3, -0.25) is 4.79 Å². The molecule has 0 atom stereocenters. The number of nitrogens with zero attached hydrogens (tertiary/aromatic N) is 4. The molecule has 1 N–H and O–H groups in total. The van der Waals surface area contributed by atoms with E-state index < -0.39 is 10.0 Å². The van der Waals surface area contributed by atoms with E-state index in [2.05, 4.69) is 15.2 Å². The Morgan fingerprint density at radius 2 is 1.67 bits per heavy atom. The fraction of sp³-hybridized carbons (Fsp3) is 0.556. The molecule has 27 heavy (non-hydrogen) atoms. The van der Waals surface area contributed by atoms with E-state index in [1.165, 1.54) is 18.4 Å². The number of nitrogens with one attached hydrogen (secondary N) is 1. The summed E-state index contributed by atoms with van der Waals surface area (Å²) in [7, 11) is -0.386. The van der Waals surface area contributed by atoms with Gasteiger partial charge in [0, 0.05) is 53.7 Å². The Kier molecular flexibility index (Phi) is 7.20. The van der Waals surface area contributed by atoms with Crippen molar-refractivity contribution in [3.8, 4) is 0 Å². The van der Waals surface area contributed by atoms with E-state index in [1.807, 2.05) is 11.8 Å². The van der Waals surface area contributed by atoms with E-state index >= 15 is 0 Å². The molecule has 1 aromatic carbocycles. The molecule has 2 rings (SSSR count). The molecule has 0 radical (unpaired) electrons. The van der Waals surface area contributed by atoms with Crippen LogP contribution < -0.4 is 5.32 Å². The molecule has 1 aromatic rings. The smallest absolute Gasteiger partial charge is 0.242 e. The van der Waals surface area contributed by atoms with Gasteiger partial charge >= 0.3 is 0 Å². The van der Waals surface area contributed by atoms with Gasteiger partial charge in [-0.25, -0.2) is 17.7 Å². The second-order valence-corrected chi connectivity index (χ2v) is 8.75. The van der Waals surface area contributed by atoms with Gasteiger partial charge in [0.25, 0.3) is 0 Å². The van der Waals surface area contributed by atoms with Gasteiger partial charge in [0.05, 0.1) is 11.4 Å². The minimum atomic E-state index is -3.42. The third-order valence-electron chi connectivity index (χ3n) is 4.47. The summed E-state index contributed by atoms with van der Waals surface area (Å²) in [6.45, 7) is 7.69. The number of piperazine rings is 1. The van der Waals surface area contributed by atoms with Gasteiger partial charge in [0.2, 0.25) is 15.9 Å². The van der Waals surface area contributed by atoms with Gasteiger partial charge in [0.15, 0.2) is 5.96 Å². The number of hydrogen-bond donors (Lipinski definition) is 1. The van der Waals surface area contributed by atoms with Crippen LogP contribution in [0.1, 0.15) is 19.4 Å². The first kappa shape index (κ1) is 21.2. The lowest BCUT2D eigenvalue weighted by Gasteiger charge is -2.36. The number of benzene rings is 1. The highest BCUT2D eigenvalue weighted by Gasteiger charge is 2.21. The van der Waals surface area contributed by atoms with Crippen molar-refractivity contribution < 1.29 is 13.2 Å². The molecule has 0 unspecified atom stereocenters. The molecule has 1 aliphatic rings. The quantitative estimate of drug-likeness (QED) is 0.582. The molecule has 1 saturated heterocycles. The predicted octanol–water partition coefficient (Wildman–Crippen LogP) is 0.567. The molecule has 0 bridgehead atoms. The van der Waals surface area contributed by atoms with Crippen molar-refractivity contribution in [2.24, 2.45) is 4.99 Å². The average Bonchev–Trinajstić information content (AvgIpc) is 2.65. The maximum atomic E-state index is 12.1. The minimum Gasteiger partial charge on any atom is -0.357 e. The highest BCUT2D eigenvalue weighted by Crippen LogP contribution is 2.14. The number of guanidine groups is 1. The first-order valence-electron chi connectivity index (χ1n) is 9.06. The molecule has 0 saturated carbocycles. The van der Waals surface area contributed by atoms with E-state index in [-0.39, 0.29) is 10.8 Å². The number of amides is 1. The number of sulfonamides is 1. The average molecular weight is 396 g/mol. The van der Waals surface area contributed by atoms with Gasteiger partial charge in [-0.15, -0.1) is 0 Å². The molecule has 0 aliphatic carbocycles. The summed E-state index contributed by atoms with van der Waals surface area (Å²) in [5.41, 5.74) is 0.936. The van der Waals surface area contributed by atoms with E-state index in [0.29, 0.717) is 19.6 Å². The number of carbonyl (C=O) groups is 1. The Morgan fingerprint density at radius 1 is 1.11 bits per heavy atom. The van der Waals surface area contributed by atoms with Crippen molar-refractivity contribution in [1.29, 1.82) is 0 Å². The zero-order valence-corrected chi connectivity index (χ0v) is 17.3. The van der Waals surface area contributed by atoms with Crippen molar-refractivity contribution in [3.63, 3.8) is 0 Å². The van der Waals surface area contributed by atoms with E-state index in [4.69, 9.17) is 0 Å². The number of carbonyl (C=O) groups excluding carboxylic acids is 1. The lowest BCUT2D eigenvalue weighted by atomic mass is 10.2. The van der Waals surface area contributed by atoms with Gasteiger partial charge in [-0.1, -0.05) is 12.1 Å². The van der Waals surface area contributed by atoms with E-state index in [9.17, 15) is 13.2 Å². The normalized spacial score (nSPS) is 16.0. The molecule has 1 fully saturated rings. The molecule has 150 valence electrons. The predicted molar refractivity (Wildman–Crippen MR) is 106 cm³/mol. The molecule has 0 aromatic heterocycles. The van der Waals surface area contributed by atoms with E-state index in [1.54, 1.807) is 31.2 Å². The molecule has 8 nitrogen and oxygen atoms in total. The molecule has 1 amide bonds. The summed E-state index contributed by atoms with van der Waals surface area (Å²) >= 11 is 0. The van der Waals surface area contributed by atoms with Crippen LogP contribution in [0.5, 0.6) is 0 Å². The summed E-state index contributed by atoms with van der Waals surface area (Å²) in [5, 5.41) is 3.29. The van der Waals surface area contributed by atoms with Crippen molar-refractivity contribution in [2.75, 3.05) is 46.8 Å². The van der Waals surface area contributed by atoms with E-state index in [0.717, 1.165) is 31.2 Å². The largest absolute Gasteiger partial charge is 0.357 e. The molecular formula is C18H29N5O3S. The van der Waals surface area contributed by atoms with Crippen LogP contribution in [-0.2, 0) is 21.4 Å². The topological polar surface area (TPSA) is 85.3 Å². The second kappa shape index (κ2) is 9.18. The van der Waals surface area contributed by atoms with Crippen LogP contribution in [0.3, 0.4) is 0 Å². The summed E-state index contributed by atoms with van der Waals surface area (Å²) in [5.74, 6) is 0.912. The van der Waals surface area contributed by atoms with Crippen molar-refractivity contribution in [1.82, 2.24) is 19.4 Å². The summed E-state index contributed by atoms with van der Waals surface area (Å²) in [4.78, 5) is 20.4. The Hall–Kier alpha value is -2.13. The van der Waals surface area contributed by atoms with Gasteiger partial charge in [-0.2, -0.15) is 0 Å². The Bertz CT molecular complexity index is 767. The third kappa shape index (κ3) is 5.43. The van der Waals surface area contributed by atoms with Crippen LogP contribution in [0.15, 0.2) is 34.2 Å². The van der Waals surface area contributed by atoms with Gasteiger partial charge in [-0.05, 0) is 24.6 Å². The van der Waals surface area contributed by atoms with Crippen molar-refractivity contribution >= 4 is 21.9 Å². The monoisotopic (exact) mass is 395 g/mol. The van der Waals surface area contributed by atoms with Gasteiger partial charge in [0.1, 0.15) is 0 Å². The SMILES string of the molecule is CCNC(=NCc1ccc(S(=O)(=O)N(C)C)cc1)N1CCN(C(C)=O)CC1. The molecule has 0 spiro atoms. The first-order chi connectivity index (χ1) is 12.8. The number of aliphatic imine (C=N–C) groups is 1. The Morgan fingerprint density at radius 3 is 2.15 bits per heavy atom. The summed E-state index contributed by atoms with van der Waals surface area (Å²) in [6.07, 6.45) is 0. The molecule has 1 aliphatic heterocycles. The fourth-order valence-electron chi connectivity index (χ4n) is 2.80. The van der Waals surface area contributed by atoms with Crippen LogP contribution >= 0.6 is 0 Å². The number of rotatable bonds is 5. The van der Waals surface area contributed by atoms with Gasteiger partial charge < -0.3 is 15.1 Å². The lowest BCUT2D eigenvalue weighted by molar-refractivity contribution is -0.130. The minimum absolute atomic E-state index is 0.101. The first-order valence-corrected chi connectivity index (χ1v) is 10.5.